The Balaban J connectivity index is 1.92. The van der Waals surface area contributed by atoms with E-state index in [0.717, 1.165) is 24.3 Å². The van der Waals surface area contributed by atoms with Gasteiger partial charge in [0.05, 0.1) is 5.71 Å². The van der Waals surface area contributed by atoms with Gasteiger partial charge in [0, 0.05) is 37.9 Å². The number of hydrogen-bond donors (Lipinski definition) is 1. The zero-order chi connectivity index (χ0) is 14.9. The molecule has 1 N–H and O–H groups in total. The number of hydrogen-bond acceptors (Lipinski definition) is 4. The maximum absolute atomic E-state index is 12.1. The van der Waals surface area contributed by atoms with Crippen LogP contribution in [0.5, 0.6) is 5.75 Å². The fourth-order valence-electron chi connectivity index (χ4n) is 3.25. The molecule has 0 aromatic heterocycles. The van der Waals surface area contributed by atoms with E-state index in [1.165, 1.54) is 0 Å². The van der Waals surface area contributed by atoms with E-state index in [-0.39, 0.29) is 5.91 Å². The highest BCUT2D eigenvalue weighted by Crippen LogP contribution is 2.39. The first-order valence-electron chi connectivity index (χ1n) is 7.44. The minimum absolute atomic E-state index is 0.180. The molecule has 1 aromatic carbocycles. The molecule has 2 aliphatic heterocycles. The van der Waals surface area contributed by atoms with Crippen molar-refractivity contribution in [2.75, 3.05) is 13.1 Å². The Kier molecular flexibility index (Phi) is 3.57. The van der Waals surface area contributed by atoms with E-state index in [1.807, 2.05) is 36.1 Å². The monoisotopic (exact) mass is 288 g/mol. The van der Waals surface area contributed by atoms with Crippen molar-refractivity contribution in [2.24, 2.45) is 5.16 Å². The molecular formula is C16H20N2O3. The van der Waals surface area contributed by atoms with E-state index < -0.39 is 5.60 Å². The molecule has 5 nitrogen and oxygen atoms in total. The van der Waals surface area contributed by atoms with Gasteiger partial charge < -0.3 is 14.8 Å². The Morgan fingerprint density at radius 2 is 2.19 bits per heavy atom. The number of amides is 1. The lowest BCUT2D eigenvalue weighted by Gasteiger charge is -2.38. The van der Waals surface area contributed by atoms with Crippen LogP contribution in [0.2, 0.25) is 0 Å². The SMILES string of the molecule is CCN1CCC2(CCC1=O)C/C(=N\O)c1ccccc1O2. The molecule has 0 saturated carbocycles. The highest BCUT2D eigenvalue weighted by atomic mass is 16.5. The zero-order valence-corrected chi connectivity index (χ0v) is 12.2. The van der Waals surface area contributed by atoms with Crippen molar-refractivity contribution in [1.82, 2.24) is 4.90 Å². The molecular weight excluding hydrogens is 268 g/mol. The number of rotatable bonds is 1. The largest absolute Gasteiger partial charge is 0.486 e. The summed E-state index contributed by atoms with van der Waals surface area (Å²) in [6.07, 6.45) is 2.45. The molecule has 0 bridgehead atoms. The van der Waals surface area contributed by atoms with Gasteiger partial charge in [0.2, 0.25) is 5.91 Å². The smallest absolute Gasteiger partial charge is 0.222 e. The summed E-state index contributed by atoms with van der Waals surface area (Å²) >= 11 is 0. The summed E-state index contributed by atoms with van der Waals surface area (Å²) in [5.41, 5.74) is 1.05. The molecule has 1 atom stereocenters. The Bertz CT molecular complexity index is 585. The summed E-state index contributed by atoms with van der Waals surface area (Å²) in [7, 11) is 0. The molecule has 2 heterocycles. The minimum Gasteiger partial charge on any atom is -0.486 e. The molecule has 1 fully saturated rings. The second kappa shape index (κ2) is 5.39. The lowest BCUT2D eigenvalue weighted by Crippen LogP contribution is -2.43. The van der Waals surface area contributed by atoms with Crippen LogP contribution in [0.3, 0.4) is 0 Å². The van der Waals surface area contributed by atoms with Crippen molar-refractivity contribution in [2.45, 2.75) is 38.2 Å². The number of ether oxygens (including phenoxy) is 1. The predicted octanol–water partition coefficient (Wildman–Crippen LogP) is 2.42. The molecule has 1 spiro atoms. The van der Waals surface area contributed by atoms with Gasteiger partial charge in [-0.3, -0.25) is 4.79 Å². The Labute approximate surface area is 124 Å². The number of fused-ring (bicyclic) bond motifs is 1. The summed E-state index contributed by atoms with van der Waals surface area (Å²) in [6.45, 7) is 3.41. The van der Waals surface area contributed by atoms with Gasteiger partial charge in [-0.05, 0) is 25.5 Å². The lowest BCUT2D eigenvalue weighted by molar-refractivity contribution is -0.130. The molecule has 112 valence electrons. The summed E-state index contributed by atoms with van der Waals surface area (Å²) in [5.74, 6) is 0.924. The standard InChI is InChI=1S/C16H20N2O3/c1-2-18-10-9-16(8-7-15(18)19)11-13(17-20)12-5-3-4-6-14(12)21-16/h3-6,20H,2,7-11H2,1H3/b17-13+. The van der Waals surface area contributed by atoms with Crippen LogP contribution < -0.4 is 4.74 Å². The van der Waals surface area contributed by atoms with Crippen LogP contribution >= 0.6 is 0 Å². The first-order valence-corrected chi connectivity index (χ1v) is 7.44. The van der Waals surface area contributed by atoms with Gasteiger partial charge in [-0.2, -0.15) is 0 Å². The lowest BCUT2D eigenvalue weighted by atomic mass is 9.84. The van der Waals surface area contributed by atoms with Gasteiger partial charge in [0.15, 0.2) is 0 Å². The first kappa shape index (κ1) is 13.9. The second-order valence-electron chi connectivity index (χ2n) is 5.73. The van der Waals surface area contributed by atoms with Gasteiger partial charge in [0.1, 0.15) is 11.4 Å². The predicted molar refractivity (Wildman–Crippen MR) is 78.8 cm³/mol. The second-order valence-corrected chi connectivity index (χ2v) is 5.73. The third-order valence-electron chi connectivity index (χ3n) is 4.50. The van der Waals surface area contributed by atoms with E-state index in [4.69, 9.17) is 4.74 Å². The molecule has 0 aliphatic carbocycles. The van der Waals surface area contributed by atoms with Crippen molar-refractivity contribution in [3.05, 3.63) is 29.8 Å². The van der Waals surface area contributed by atoms with Crippen LogP contribution in [-0.4, -0.2) is 40.4 Å². The van der Waals surface area contributed by atoms with E-state index in [0.29, 0.717) is 31.5 Å². The summed E-state index contributed by atoms with van der Waals surface area (Å²) in [6, 6.07) is 7.61. The topological polar surface area (TPSA) is 62.1 Å². The molecule has 1 saturated heterocycles. The van der Waals surface area contributed by atoms with Crippen LogP contribution in [0.15, 0.2) is 29.4 Å². The number of para-hydroxylation sites is 1. The van der Waals surface area contributed by atoms with Crippen LogP contribution in [0.1, 0.15) is 38.2 Å². The highest BCUT2D eigenvalue weighted by Gasteiger charge is 2.42. The number of likely N-dealkylation sites (tertiary alicyclic amines) is 1. The zero-order valence-electron chi connectivity index (χ0n) is 12.2. The van der Waals surface area contributed by atoms with Gasteiger partial charge >= 0.3 is 0 Å². The first-order chi connectivity index (χ1) is 10.2. The van der Waals surface area contributed by atoms with E-state index in [1.54, 1.807) is 0 Å². The van der Waals surface area contributed by atoms with Crippen LogP contribution in [-0.2, 0) is 4.79 Å². The van der Waals surface area contributed by atoms with Crippen LogP contribution in [0.4, 0.5) is 0 Å². The van der Waals surface area contributed by atoms with Crippen LogP contribution in [0.25, 0.3) is 0 Å². The Hall–Kier alpha value is -2.04. The number of nitrogens with zero attached hydrogens (tertiary/aromatic N) is 2. The Morgan fingerprint density at radius 3 is 2.95 bits per heavy atom. The summed E-state index contributed by atoms with van der Waals surface area (Å²) in [5, 5.41) is 12.8. The fraction of sp³-hybridized carbons (Fsp3) is 0.500. The molecule has 5 heteroatoms. The van der Waals surface area contributed by atoms with E-state index in [2.05, 4.69) is 5.16 Å². The maximum atomic E-state index is 12.1. The van der Waals surface area contributed by atoms with Crippen molar-refractivity contribution >= 4 is 11.6 Å². The molecule has 21 heavy (non-hydrogen) atoms. The van der Waals surface area contributed by atoms with Gasteiger partial charge in [-0.25, -0.2) is 0 Å². The number of oxime groups is 1. The minimum atomic E-state index is -0.435. The number of benzene rings is 1. The maximum Gasteiger partial charge on any atom is 0.222 e. The van der Waals surface area contributed by atoms with Gasteiger partial charge in [0.25, 0.3) is 0 Å². The third kappa shape index (κ3) is 2.48. The van der Waals surface area contributed by atoms with Gasteiger partial charge in [-0.1, -0.05) is 17.3 Å². The van der Waals surface area contributed by atoms with Crippen molar-refractivity contribution in [3.8, 4) is 5.75 Å². The average molecular weight is 288 g/mol. The summed E-state index contributed by atoms with van der Waals surface area (Å²) in [4.78, 5) is 13.9. The molecule has 2 aliphatic rings. The summed E-state index contributed by atoms with van der Waals surface area (Å²) < 4.78 is 6.24. The van der Waals surface area contributed by atoms with Crippen molar-refractivity contribution in [3.63, 3.8) is 0 Å². The van der Waals surface area contributed by atoms with Crippen molar-refractivity contribution in [1.29, 1.82) is 0 Å². The molecule has 1 unspecified atom stereocenters. The number of carbonyl (C=O) groups is 1. The third-order valence-corrected chi connectivity index (χ3v) is 4.50. The molecule has 3 rings (SSSR count). The van der Waals surface area contributed by atoms with Gasteiger partial charge in [-0.15, -0.1) is 0 Å². The highest BCUT2D eigenvalue weighted by molar-refractivity contribution is 6.04. The van der Waals surface area contributed by atoms with Crippen molar-refractivity contribution < 1.29 is 14.7 Å². The Morgan fingerprint density at radius 1 is 1.38 bits per heavy atom. The molecule has 1 aromatic rings. The average Bonchev–Trinajstić information content (AvgIpc) is 2.66. The molecule has 0 radical (unpaired) electrons. The van der Waals surface area contributed by atoms with Crippen LogP contribution in [0, 0.1) is 0 Å². The van der Waals surface area contributed by atoms with E-state index >= 15 is 0 Å². The molecule has 1 amide bonds. The normalized spacial score (nSPS) is 27.4. The quantitative estimate of drug-likeness (QED) is 0.637. The number of carbonyl (C=O) groups excluding carboxylic acids is 1. The van der Waals surface area contributed by atoms with E-state index in [9.17, 15) is 10.0 Å². The fourth-order valence-corrected chi connectivity index (χ4v) is 3.25.